The van der Waals surface area contributed by atoms with Crippen LogP contribution < -0.4 is 0 Å². The number of hydrogen-bond donors (Lipinski definition) is 1. The van der Waals surface area contributed by atoms with Crippen LogP contribution in [0, 0.1) is 8.34 Å². The molecule has 3 rings (SSSR count). The Morgan fingerprint density at radius 2 is 1.68 bits per heavy atom. The summed E-state index contributed by atoms with van der Waals surface area (Å²) in [6, 6.07) is 11.7. The van der Waals surface area contributed by atoms with E-state index in [0.29, 0.717) is 14.8 Å². The zero-order chi connectivity index (χ0) is 13.6. The molecule has 0 radical (unpaired) electrons. The molecule has 0 aliphatic rings. The lowest BCUT2D eigenvalue weighted by Gasteiger charge is -2.05. The smallest absolute Gasteiger partial charge is 0.182 e. The maximum atomic E-state index is 6.09. The molecule has 1 N–H and O–H groups in total. The van der Waals surface area contributed by atoms with Gasteiger partial charge in [0, 0.05) is 9.26 Å². The molecule has 0 saturated carbocycles. The second-order valence-corrected chi connectivity index (χ2v) is 6.47. The van der Waals surface area contributed by atoms with E-state index >= 15 is 0 Å². The molecular formula is C13H7Cl2IN2S. The van der Waals surface area contributed by atoms with E-state index in [2.05, 4.69) is 27.6 Å². The van der Waals surface area contributed by atoms with Gasteiger partial charge in [0.2, 0.25) is 0 Å². The highest BCUT2D eigenvalue weighted by Crippen LogP contribution is 2.29. The minimum absolute atomic E-state index is 0.514. The number of aromatic nitrogens is 2. The number of halogens is 3. The second kappa shape index (κ2) is 5.09. The van der Waals surface area contributed by atoms with Gasteiger partial charge in [-0.05, 0) is 71.2 Å². The van der Waals surface area contributed by atoms with Gasteiger partial charge in [-0.2, -0.15) is 0 Å². The number of aromatic amines is 1. The van der Waals surface area contributed by atoms with Gasteiger partial charge in [0.25, 0.3) is 0 Å². The fraction of sp³-hybridized carbons (Fsp3) is 0. The van der Waals surface area contributed by atoms with Gasteiger partial charge in [0.05, 0.1) is 21.1 Å². The van der Waals surface area contributed by atoms with Crippen molar-refractivity contribution in [1.82, 2.24) is 9.55 Å². The van der Waals surface area contributed by atoms with Crippen LogP contribution in [0.1, 0.15) is 0 Å². The molecule has 0 unspecified atom stereocenters. The number of hydrogen-bond acceptors (Lipinski definition) is 1. The van der Waals surface area contributed by atoms with E-state index in [1.807, 2.05) is 34.9 Å². The molecule has 96 valence electrons. The third-order valence-corrected chi connectivity index (χ3v) is 4.53. The molecule has 0 spiro atoms. The van der Waals surface area contributed by atoms with Gasteiger partial charge < -0.3 is 4.98 Å². The monoisotopic (exact) mass is 420 g/mol. The van der Waals surface area contributed by atoms with Crippen LogP contribution in [0.2, 0.25) is 10.0 Å². The molecule has 0 bridgehead atoms. The Kier molecular flexibility index (Phi) is 3.59. The molecule has 0 fully saturated rings. The summed E-state index contributed by atoms with van der Waals surface area (Å²) in [4.78, 5) is 3.14. The second-order valence-electron chi connectivity index (χ2n) is 4.03. The van der Waals surface area contributed by atoms with Crippen molar-refractivity contribution in [2.24, 2.45) is 0 Å². The first-order valence-corrected chi connectivity index (χ1v) is 7.66. The van der Waals surface area contributed by atoms with Crippen molar-refractivity contribution in [3.63, 3.8) is 0 Å². The third kappa shape index (κ3) is 2.42. The number of nitrogens with zero attached hydrogens (tertiary/aromatic N) is 1. The predicted molar refractivity (Wildman–Crippen MR) is 91.2 cm³/mol. The summed E-state index contributed by atoms with van der Waals surface area (Å²) in [5.74, 6) is 0. The summed E-state index contributed by atoms with van der Waals surface area (Å²) < 4.78 is 3.74. The highest BCUT2D eigenvalue weighted by atomic mass is 127. The van der Waals surface area contributed by atoms with E-state index in [1.54, 1.807) is 6.07 Å². The highest BCUT2D eigenvalue weighted by molar-refractivity contribution is 14.1. The standard InChI is InChI=1S/C13H7Cl2IN2S/c14-9-5-11-12(6-10(9)15)18(13(19)17-11)8-3-1-7(16)2-4-8/h1-6H,(H,17,19). The largest absolute Gasteiger partial charge is 0.330 e. The van der Waals surface area contributed by atoms with Crippen LogP contribution >= 0.6 is 58.0 Å². The number of benzene rings is 2. The molecule has 2 nitrogen and oxygen atoms in total. The Balaban J connectivity index is 2.34. The molecule has 0 atom stereocenters. The Morgan fingerprint density at radius 3 is 2.37 bits per heavy atom. The van der Waals surface area contributed by atoms with Crippen LogP contribution in [0.25, 0.3) is 16.7 Å². The fourth-order valence-electron chi connectivity index (χ4n) is 1.95. The number of imidazole rings is 1. The van der Waals surface area contributed by atoms with Gasteiger partial charge >= 0.3 is 0 Å². The maximum Gasteiger partial charge on any atom is 0.182 e. The molecule has 2 aromatic carbocycles. The van der Waals surface area contributed by atoms with E-state index in [-0.39, 0.29) is 0 Å². The summed E-state index contributed by atoms with van der Waals surface area (Å²) in [5.41, 5.74) is 2.79. The van der Waals surface area contributed by atoms with Gasteiger partial charge in [-0.1, -0.05) is 23.2 Å². The zero-order valence-corrected chi connectivity index (χ0v) is 13.9. The Morgan fingerprint density at radius 1 is 1.05 bits per heavy atom. The van der Waals surface area contributed by atoms with Gasteiger partial charge in [-0.15, -0.1) is 0 Å². The summed E-state index contributed by atoms with van der Waals surface area (Å²) in [7, 11) is 0. The summed E-state index contributed by atoms with van der Waals surface area (Å²) in [6.07, 6.45) is 0. The zero-order valence-electron chi connectivity index (χ0n) is 9.45. The summed E-state index contributed by atoms with van der Waals surface area (Å²) in [5, 5.41) is 1.03. The van der Waals surface area contributed by atoms with E-state index in [9.17, 15) is 0 Å². The minimum atomic E-state index is 0.514. The van der Waals surface area contributed by atoms with Crippen LogP contribution in [0.4, 0.5) is 0 Å². The predicted octanol–water partition coefficient (Wildman–Crippen LogP) is 5.60. The van der Waals surface area contributed by atoms with Crippen molar-refractivity contribution >= 4 is 69.0 Å². The van der Waals surface area contributed by atoms with Crippen molar-refractivity contribution in [3.05, 3.63) is 54.8 Å². The fourth-order valence-corrected chi connectivity index (χ4v) is 2.94. The van der Waals surface area contributed by atoms with Gasteiger partial charge in [-0.25, -0.2) is 0 Å². The van der Waals surface area contributed by atoms with Crippen LogP contribution in [0.3, 0.4) is 0 Å². The van der Waals surface area contributed by atoms with Crippen molar-refractivity contribution in [2.45, 2.75) is 0 Å². The first kappa shape index (κ1) is 13.4. The van der Waals surface area contributed by atoms with Gasteiger partial charge in [-0.3, -0.25) is 4.57 Å². The summed E-state index contributed by atoms with van der Waals surface area (Å²) >= 11 is 19.7. The average molecular weight is 421 g/mol. The third-order valence-electron chi connectivity index (χ3n) is 2.81. The van der Waals surface area contributed by atoms with Crippen LogP contribution in [0.15, 0.2) is 36.4 Å². The lowest BCUT2D eigenvalue weighted by Crippen LogP contribution is -1.93. The molecule has 1 aromatic heterocycles. The van der Waals surface area contributed by atoms with E-state index < -0.39 is 0 Å². The molecule has 6 heteroatoms. The van der Waals surface area contributed by atoms with Gasteiger partial charge in [0.1, 0.15) is 0 Å². The van der Waals surface area contributed by atoms with E-state index in [1.165, 1.54) is 3.57 Å². The number of H-pyrrole nitrogens is 1. The molecular weight excluding hydrogens is 414 g/mol. The molecule has 1 heterocycles. The first-order valence-electron chi connectivity index (χ1n) is 5.42. The van der Waals surface area contributed by atoms with Crippen LogP contribution in [0.5, 0.6) is 0 Å². The van der Waals surface area contributed by atoms with Crippen LogP contribution in [-0.4, -0.2) is 9.55 Å². The molecule has 0 aliphatic carbocycles. The van der Waals surface area contributed by atoms with Crippen molar-refractivity contribution < 1.29 is 0 Å². The van der Waals surface area contributed by atoms with Crippen molar-refractivity contribution in [1.29, 1.82) is 0 Å². The molecule has 0 aliphatic heterocycles. The Labute approximate surface area is 138 Å². The van der Waals surface area contributed by atoms with E-state index in [4.69, 9.17) is 35.4 Å². The Bertz CT molecular complexity index is 821. The number of fused-ring (bicyclic) bond motifs is 1. The average Bonchev–Trinajstić information content (AvgIpc) is 2.67. The van der Waals surface area contributed by atoms with Crippen LogP contribution in [-0.2, 0) is 0 Å². The quantitative estimate of drug-likeness (QED) is 0.401. The summed E-state index contributed by atoms with van der Waals surface area (Å²) in [6.45, 7) is 0. The number of nitrogens with one attached hydrogen (secondary N) is 1. The topological polar surface area (TPSA) is 20.7 Å². The highest BCUT2D eigenvalue weighted by Gasteiger charge is 2.09. The van der Waals surface area contributed by atoms with Gasteiger partial charge in [0.15, 0.2) is 4.77 Å². The van der Waals surface area contributed by atoms with Crippen molar-refractivity contribution in [3.8, 4) is 5.69 Å². The maximum absolute atomic E-state index is 6.09. The lowest BCUT2D eigenvalue weighted by atomic mass is 10.3. The SMILES string of the molecule is S=c1[nH]c2cc(Cl)c(Cl)cc2n1-c1ccc(I)cc1. The number of rotatable bonds is 1. The molecule has 3 aromatic rings. The minimum Gasteiger partial charge on any atom is -0.330 e. The van der Waals surface area contributed by atoms with Crippen molar-refractivity contribution in [2.75, 3.05) is 0 Å². The lowest BCUT2D eigenvalue weighted by molar-refractivity contribution is 1.06. The molecule has 19 heavy (non-hydrogen) atoms. The normalized spacial score (nSPS) is 11.1. The Hall–Kier alpha value is -0.560. The molecule has 0 saturated heterocycles. The molecule has 0 amide bonds. The first-order chi connectivity index (χ1) is 9.06. The van der Waals surface area contributed by atoms with E-state index in [0.717, 1.165) is 16.7 Å².